The van der Waals surface area contributed by atoms with Gasteiger partial charge in [-0.2, -0.15) is 0 Å². The lowest BCUT2D eigenvalue weighted by atomic mass is 9.90. The first kappa shape index (κ1) is 12.4. The maximum atomic E-state index is 4.33. The van der Waals surface area contributed by atoms with Crippen LogP contribution >= 0.6 is 0 Å². The average Bonchev–Trinajstić information content (AvgIpc) is 2.92. The topological polar surface area (TPSA) is 31.9 Å². The molecule has 3 nitrogen and oxygen atoms in total. The Labute approximate surface area is 114 Å². The van der Waals surface area contributed by atoms with Crippen LogP contribution in [-0.4, -0.2) is 28.0 Å². The van der Waals surface area contributed by atoms with Gasteiger partial charge in [0.25, 0.3) is 0 Å². The summed E-state index contributed by atoms with van der Waals surface area (Å²) in [6.45, 7) is 5.44. The van der Waals surface area contributed by atoms with Gasteiger partial charge in [-0.1, -0.05) is 29.8 Å². The Morgan fingerprint density at radius 1 is 1.42 bits per heavy atom. The Bertz CT molecular complexity index is 519. The Morgan fingerprint density at radius 2 is 2.37 bits per heavy atom. The number of aromatic nitrogens is 2. The van der Waals surface area contributed by atoms with E-state index in [4.69, 9.17) is 0 Å². The number of H-pyrrole nitrogens is 1. The van der Waals surface area contributed by atoms with Gasteiger partial charge in [-0.05, 0) is 37.8 Å². The lowest BCUT2D eigenvalue weighted by Gasteiger charge is -2.32. The number of likely N-dealkylation sites (tertiary alicyclic amines) is 1. The van der Waals surface area contributed by atoms with Crippen molar-refractivity contribution in [2.45, 2.75) is 32.2 Å². The van der Waals surface area contributed by atoms with Crippen LogP contribution in [-0.2, 0) is 6.54 Å². The van der Waals surface area contributed by atoms with E-state index in [0.717, 1.165) is 18.9 Å². The van der Waals surface area contributed by atoms with Crippen molar-refractivity contribution in [3.63, 3.8) is 0 Å². The minimum atomic E-state index is 0.670. The lowest BCUT2D eigenvalue weighted by molar-refractivity contribution is 0.196. The molecule has 1 fully saturated rings. The first-order chi connectivity index (χ1) is 9.31. The SMILES string of the molecule is Cc1cccc([C@H]2CCCN(Cc3ncc[nH]3)C2)c1. The summed E-state index contributed by atoms with van der Waals surface area (Å²) >= 11 is 0. The molecule has 1 aliphatic rings. The van der Waals surface area contributed by atoms with Gasteiger partial charge in [0.15, 0.2) is 0 Å². The molecule has 0 saturated carbocycles. The third-order valence-corrected chi connectivity index (χ3v) is 3.95. The maximum Gasteiger partial charge on any atom is 0.120 e. The number of piperidine rings is 1. The second-order valence-corrected chi connectivity index (χ2v) is 5.52. The Morgan fingerprint density at radius 3 is 3.16 bits per heavy atom. The molecule has 2 heterocycles. The highest BCUT2D eigenvalue weighted by Gasteiger charge is 2.21. The lowest BCUT2D eigenvalue weighted by Crippen LogP contribution is -2.34. The molecule has 1 saturated heterocycles. The van der Waals surface area contributed by atoms with Crippen molar-refractivity contribution in [2.24, 2.45) is 0 Å². The van der Waals surface area contributed by atoms with Gasteiger partial charge in [-0.3, -0.25) is 4.90 Å². The zero-order valence-electron chi connectivity index (χ0n) is 11.5. The van der Waals surface area contributed by atoms with Gasteiger partial charge in [-0.25, -0.2) is 4.98 Å². The van der Waals surface area contributed by atoms with Crippen LogP contribution in [0, 0.1) is 6.92 Å². The molecule has 100 valence electrons. The van der Waals surface area contributed by atoms with E-state index in [9.17, 15) is 0 Å². The van der Waals surface area contributed by atoms with Gasteiger partial charge in [0.2, 0.25) is 0 Å². The standard InChI is InChI=1S/C16H21N3/c1-13-4-2-5-14(10-13)15-6-3-9-19(11-15)12-16-17-7-8-18-16/h2,4-5,7-8,10,15H,3,6,9,11-12H2,1H3,(H,17,18)/t15-/m0/s1. The number of benzene rings is 1. The van der Waals surface area contributed by atoms with Crippen LogP contribution in [0.25, 0.3) is 0 Å². The molecule has 3 rings (SSSR count). The molecule has 1 atom stereocenters. The Balaban J connectivity index is 1.67. The fraction of sp³-hybridized carbons (Fsp3) is 0.438. The molecule has 0 aliphatic carbocycles. The smallest absolute Gasteiger partial charge is 0.120 e. The van der Waals surface area contributed by atoms with Gasteiger partial charge in [-0.15, -0.1) is 0 Å². The Kier molecular flexibility index (Phi) is 3.65. The predicted octanol–water partition coefficient (Wildman–Crippen LogP) is 3.10. The van der Waals surface area contributed by atoms with Gasteiger partial charge >= 0.3 is 0 Å². The van der Waals surface area contributed by atoms with Crippen molar-refractivity contribution in [2.75, 3.05) is 13.1 Å². The van der Waals surface area contributed by atoms with E-state index in [-0.39, 0.29) is 0 Å². The summed E-state index contributed by atoms with van der Waals surface area (Å²) in [4.78, 5) is 10.0. The Hall–Kier alpha value is -1.61. The monoisotopic (exact) mass is 255 g/mol. The van der Waals surface area contributed by atoms with Gasteiger partial charge < -0.3 is 4.98 Å². The molecule has 0 spiro atoms. The van der Waals surface area contributed by atoms with Crippen LogP contribution in [0.1, 0.15) is 35.7 Å². The summed E-state index contributed by atoms with van der Waals surface area (Å²) in [5, 5.41) is 0. The maximum absolute atomic E-state index is 4.33. The van der Waals surface area contributed by atoms with E-state index in [1.165, 1.54) is 30.5 Å². The van der Waals surface area contributed by atoms with Gasteiger partial charge in [0.1, 0.15) is 5.82 Å². The number of nitrogens with zero attached hydrogens (tertiary/aromatic N) is 2. The van der Waals surface area contributed by atoms with Crippen LogP contribution < -0.4 is 0 Å². The first-order valence-electron chi connectivity index (χ1n) is 7.08. The molecule has 19 heavy (non-hydrogen) atoms. The molecule has 0 radical (unpaired) electrons. The molecule has 1 aromatic carbocycles. The van der Waals surface area contributed by atoms with Gasteiger partial charge in [0, 0.05) is 18.9 Å². The van der Waals surface area contributed by atoms with Crippen molar-refractivity contribution >= 4 is 0 Å². The minimum absolute atomic E-state index is 0.670. The minimum Gasteiger partial charge on any atom is -0.348 e. The fourth-order valence-electron chi connectivity index (χ4n) is 2.99. The largest absolute Gasteiger partial charge is 0.348 e. The molecule has 0 amide bonds. The molecule has 0 unspecified atom stereocenters. The summed E-state index contributed by atoms with van der Waals surface area (Å²) in [6, 6.07) is 8.96. The van der Waals surface area contributed by atoms with E-state index in [0.29, 0.717) is 5.92 Å². The van der Waals surface area contributed by atoms with Crippen LogP contribution in [0.3, 0.4) is 0 Å². The fourth-order valence-corrected chi connectivity index (χ4v) is 2.99. The number of aryl methyl sites for hydroxylation is 1. The zero-order chi connectivity index (χ0) is 13.1. The predicted molar refractivity (Wildman–Crippen MR) is 77.0 cm³/mol. The zero-order valence-corrected chi connectivity index (χ0v) is 11.5. The van der Waals surface area contributed by atoms with Crippen molar-refractivity contribution < 1.29 is 0 Å². The second-order valence-electron chi connectivity index (χ2n) is 5.52. The van der Waals surface area contributed by atoms with Crippen LogP contribution in [0.2, 0.25) is 0 Å². The summed E-state index contributed by atoms with van der Waals surface area (Å²) < 4.78 is 0. The molecule has 1 N–H and O–H groups in total. The van der Waals surface area contributed by atoms with E-state index < -0.39 is 0 Å². The van der Waals surface area contributed by atoms with E-state index in [1.807, 2.05) is 12.4 Å². The second kappa shape index (κ2) is 5.57. The van der Waals surface area contributed by atoms with Gasteiger partial charge in [0.05, 0.1) is 6.54 Å². The number of aromatic amines is 1. The molecule has 2 aromatic rings. The highest BCUT2D eigenvalue weighted by atomic mass is 15.2. The van der Waals surface area contributed by atoms with E-state index in [1.54, 1.807) is 0 Å². The third-order valence-electron chi connectivity index (χ3n) is 3.95. The first-order valence-corrected chi connectivity index (χ1v) is 7.08. The summed E-state index contributed by atoms with van der Waals surface area (Å²) in [6.07, 6.45) is 6.31. The molecule has 0 bridgehead atoms. The van der Waals surface area contributed by atoms with Crippen LogP contribution in [0.15, 0.2) is 36.7 Å². The summed E-state index contributed by atoms with van der Waals surface area (Å²) in [5.41, 5.74) is 2.85. The third kappa shape index (κ3) is 3.04. The highest BCUT2D eigenvalue weighted by Crippen LogP contribution is 2.27. The summed E-state index contributed by atoms with van der Waals surface area (Å²) in [7, 11) is 0. The number of imidazole rings is 1. The van der Waals surface area contributed by atoms with Crippen molar-refractivity contribution in [3.8, 4) is 0 Å². The normalized spacial score (nSPS) is 20.6. The number of hydrogen-bond acceptors (Lipinski definition) is 2. The van der Waals surface area contributed by atoms with Crippen molar-refractivity contribution in [1.29, 1.82) is 0 Å². The van der Waals surface area contributed by atoms with Crippen LogP contribution in [0.5, 0.6) is 0 Å². The summed E-state index contributed by atoms with van der Waals surface area (Å²) in [5.74, 6) is 1.74. The highest BCUT2D eigenvalue weighted by molar-refractivity contribution is 5.26. The molecule has 1 aliphatic heterocycles. The average molecular weight is 255 g/mol. The van der Waals surface area contributed by atoms with Crippen LogP contribution in [0.4, 0.5) is 0 Å². The number of rotatable bonds is 3. The van der Waals surface area contributed by atoms with Crippen molar-refractivity contribution in [3.05, 3.63) is 53.6 Å². The van der Waals surface area contributed by atoms with E-state index >= 15 is 0 Å². The molecule has 1 aromatic heterocycles. The van der Waals surface area contributed by atoms with Crippen molar-refractivity contribution in [1.82, 2.24) is 14.9 Å². The number of hydrogen-bond donors (Lipinski definition) is 1. The molecular weight excluding hydrogens is 234 g/mol. The molecular formula is C16H21N3. The molecule has 3 heteroatoms. The number of nitrogens with one attached hydrogen (secondary N) is 1. The quantitative estimate of drug-likeness (QED) is 0.914. The van der Waals surface area contributed by atoms with E-state index in [2.05, 4.69) is 46.1 Å².